The van der Waals surface area contributed by atoms with E-state index in [1.807, 2.05) is 12.1 Å². The SMILES string of the molecule is O=C(Nc1cccc(NC(=O)c2ccco2)c1)c1cccc(-c2cc3ccccc3oc2=O)c1. The molecule has 0 aliphatic carbocycles. The summed E-state index contributed by atoms with van der Waals surface area (Å²) in [7, 11) is 0. The minimum atomic E-state index is -0.476. The molecule has 2 aromatic heterocycles. The molecule has 5 rings (SSSR count). The van der Waals surface area contributed by atoms with Crippen LogP contribution in [0.1, 0.15) is 20.9 Å². The second kappa shape index (κ2) is 8.91. The molecule has 0 radical (unpaired) electrons. The van der Waals surface area contributed by atoms with Crippen LogP contribution in [0.4, 0.5) is 11.4 Å². The Morgan fingerprint density at radius 3 is 2.26 bits per heavy atom. The first-order valence-electron chi connectivity index (χ1n) is 10.5. The van der Waals surface area contributed by atoms with Crippen molar-refractivity contribution in [3.8, 4) is 11.1 Å². The highest BCUT2D eigenvalue weighted by Gasteiger charge is 2.13. The summed E-state index contributed by atoms with van der Waals surface area (Å²) in [5.74, 6) is -0.568. The van der Waals surface area contributed by atoms with Crippen molar-refractivity contribution in [2.75, 3.05) is 10.6 Å². The Morgan fingerprint density at radius 1 is 0.706 bits per heavy atom. The zero-order valence-corrected chi connectivity index (χ0v) is 17.8. The predicted molar refractivity (Wildman–Crippen MR) is 129 cm³/mol. The normalized spacial score (nSPS) is 10.7. The Hall–Kier alpha value is -4.91. The lowest BCUT2D eigenvalue weighted by atomic mass is 10.0. The molecule has 0 aliphatic rings. The van der Waals surface area contributed by atoms with Gasteiger partial charge >= 0.3 is 5.63 Å². The van der Waals surface area contributed by atoms with E-state index in [1.165, 1.54) is 6.26 Å². The summed E-state index contributed by atoms with van der Waals surface area (Å²) in [6.07, 6.45) is 1.42. The molecule has 0 fully saturated rings. The first-order valence-corrected chi connectivity index (χ1v) is 10.5. The summed E-state index contributed by atoms with van der Waals surface area (Å²) >= 11 is 0. The van der Waals surface area contributed by atoms with Crippen LogP contribution in [0.2, 0.25) is 0 Å². The molecule has 0 unspecified atom stereocenters. The van der Waals surface area contributed by atoms with Crippen molar-refractivity contribution in [1.29, 1.82) is 0 Å². The van der Waals surface area contributed by atoms with Crippen molar-refractivity contribution in [3.05, 3.63) is 119 Å². The first-order chi connectivity index (χ1) is 16.6. The number of carbonyl (C=O) groups excluding carboxylic acids is 2. The Kier molecular flexibility index (Phi) is 5.50. The lowest BCUT2D eigenvalue weighted by Crippen LogP contribution is -2.14. The van der Waals surface area contributed by atoms with Gasteiger partial charge in [0, 0.05) is 22.3 Å². The molecule has 3 aromatic carbocycles. The summed E-state index contributed by atoms with van der Waals surface area (Å²) in [4.78, 5) is 37.6. The maximum absolute atomic E-state index is 12.9. The van der Waals surface area contributed by atoms with Crippen molar-refractivity contribution in [2.24, 2.45) is 0 Å². The molecule has 2 amide bonds. The number of para-hydroxylation sites is 1. The highest BCUT2D eigenvalue weighted by atomic mass is 16.4. The van der Waals surface area contributed by atoms with Crippen LogP contribution in [0, 0.1) is 0 Å². The first kappa shape index (κ1) is 21.0. The van der Waals surface area contributed by atoms with Gasteiger partial charge in [-0.25, -0.2) is 4.79 Å². The van der Waals surface area contributed by atoms with Gasteiger partial charge in [0.1, 0.15) is 5.58 Å². The fourth-order valence-electron chi connectivity index (χ4n) is 3.57. The molecular formula is C27H18N2O5. The third-order valence-corrected chi connectivity index (χ3v) is 5.20. The number of anilines is 2. The largest absolute Gasteiger partial charge is 0.459 e. The number of amides is 2. The van der Waals surface area contributed by atoms with Crippen molar-refractivity contribution in [3.63, 3.8) is 0 Å². The Morgan fingerprint density at radius 2 is 1.47 bits per heavy atom. The van der Waals surface area contributed by atoms with E-state index < -0.39 is 11.5 Å². The molecule has 0 bridgehead atoms. The highest BCUT2D eigenvalue weighted by Crippen LogP contribution is 2.23. The maximum Gasteiger partial charge on any atom is 0.344 e. The summed E-state index contributed by atoms with van der Waals surface area (Å²) < 4.78 is 10.5. The number of nitrogens with one attached hydrogen (secondary N) is 2. The van der Waals surface area contributed by atoms with Crippen molar-refractivity contribution in [1.82, 2.24) is 0 Å². The van der Waals surface area contributed by atoms with E-state index in [2.05, 4.69) is 10.6 Å². The highest BCUT2D eigenvalue weighted by molar-refractivity contribution is 6.06. The summed E-state index contributed by atoms with van der Waals surface area (Å²) in [6.45, 7) is 0. The van der Waals surface area contributed by atoms with Gasteiger partial charge in [0.25, 0.3) is 11.8 Å². The van der Waals surface area contributed by atoms with Crippen molar-refractivity contribution in [2.45, 2.75) is 0 Å². The van der Waals surface area contributed by atoms with E-state index >= 15 is 0 Å². The molecule has 0 saturated heterocycles. The van der Waals surface area contributed by atoms with Crippen LogP contribution in [0.3, 0.4) is 0 Å². The number of fused-ring (bicyclic) bond motifs is 1. The van der Waals surface area contributed by atoms with Crippen LogP contribution in [0.5, 0.6) is 0 Å². The molecule has 7 nitrogen and oxygen atoms in total. The van der Waals surface area contributed by atoms with Gasteiger partial charge in [-0.1, -0.05) is 36.4 Å². The Balaban J connectivity index is 1.36. The molecule has 2 heterocycles. The Labute approximate surface area is 193 Å². The van der Waals surface area contributed by atoms with Crippen molar-refractivity contribution >= 4 is 34.2 Å². The lowest BCUT2D eigenvalue weighted by Gasteiger charge is -2.09. The predicted octanol–water partition coefficient (Wildman–Crippen LogP) is 5.56. The molecule has 5 aromatic rings. The van der Waals surface area contributed by atoms with E-state index in [1.54, 1.807) is 78.9 Å². The second-order valence-corrected chi connectivity index (χ2v) is 7.53. The summed E-state index contributed by atoms with van der Waals surface area (Å²) in [6, 6.07) is 25.7. The van der Waals surface area contributed by atoms with E-state index in [0.29, 0.717) is 33.6 Å². The third-order valence-electron chi connectivity index (χ3n) is 5.20. The van der Waals surface area contributed by atoms with Crippen molar-refractivity contribution < 1.29 is 18.4 Å². The molecule has 166 valence electrons. The minimum Gasteiger partial charge on any atom is -0.459 e. The van der Waals surface area contributed by atoms with E-state index in [9.17, 15) is 14.4 Å². The van der Waals surface area contributed by atoms with Gasteiger partial charge < -0.3 is 19.5 Å². The van der Waals surface area contributed by atoms with E-state index in [0.717, 1.165) is 5.39 Å². The van der Waals surface area contributed by atoms with Crippen LogP contribution in [0.25, 0.3) is 22.1 Å². The van der Waals surface area contributed by atoms with Gasteiger partial charge in [0.2, 0.25) is 0 Å². The Bertz CT molecular complexity index is 1570. The zero-order chi connectivity index (χ0) is 23.5. The monoisotopic (exact) mass is 450 g/mol. The summed E-state index contributed by atoms with van der Waals surface area (Å²) in [5.41, 5.74) is 2.35. The second-order valence-electron chi connectivity index (χ2n) is 7.53. The lowest BCUT2D eigenvalue weighted by molar-refractivity contribution is 0.0995. The molecular weight excluding hydrogens is 432 g/mol. The number of rotatable bonds is 5. The van der Waals surface area contributed by atoms with Gasteiger partial charge in [0.15, 0.2) is 5.76 Å². The van der Waals surface area contributed by atoms with Crippen LogP contribution < -0.4 is 16.3 Å². The van der Waals surface area contributed by atoms with E-state index in [-0.39, 0.29) is 11.7 Å². The maximum atomic E-state index is 12.9. The molecule has 7 heteroatoms. The number of hydrogen-bond acceptors (Lipinski definition) is 5. The molecule has 0 atom stereocenters. The average Bonchev–Trinajstić information content (AvgIpc) is 3.39. The molecule has 0 aliphatic heterocycles. The number of furan rings is 1. The average molecular weight is 450 g/mol. The van der Waals surface area contributed by atoms with Crippen LogP contribution in [-0.2, 0) is 0 Å². The standard InChI is InChI=1S/C27H18N2O5/c30-25(28-20-9-4-10-21(16-20)29-26(31)24-12-5-13-33-24)19-8-3-7-17(14-19)22-15-18-6-1-2-11-23(18)34-27(22)32/h1-16H,(H,28,30)(H,29,31). The number of benzene rings is 3. The molecule has 34 heavy (non-hydrogen) atoms. The van der Waals surface area contributed by atoms with Crippen LogP contribution in [-0.4, -0.2) is 11.8 Å². The van der Waals surface area contributed by atoms with Crippen LogP contribution in [0.15, 0.2) is 111 Å². The molecule has 2 N–H and O–H groups in total. The van der Waals surface area contributed by atoms with Gasteiger partial charge in [-0.15, -0.1) is 0 Å². The minimum absolute atomic E-state index is 0.185. The molecule has 0 saturated carbocycles. The van der Waals surface area contributed by atoms with Gasteiger partial charge in [-0.05, 0) is 60.2 Å². The number of hydrogen-bond donors (Lipinski definition) is 2. The zero-order valence-electron chi connectivity index (χ0n) is 17.8. The quantitative estimate of drug-likeness (QED) is 0.342. The number of carbonyl (C=O) groups is 2. The fraction of sp³-hybridized carbons (Fsp3) is 0. The third kappa shape index (κ3) is 4.35. The molecule has 0 spiro atoms. The van der Waals surface area contributed by atoms with Gasteiger partial charge in [-0.2, -0.15) is 0 Å². The fourth-order valence-corrected chi connectivity index (χ4v) is 3.57. The van der Waals surface area contributed by atoms with Gasteiger partial charge in [-0.3, -0.25) is 9.59 Å². The smallest absolute Gasteiger partial charge is 0.344 e. The topological polar surface area (TPSA) is 102 Å². The van der Waals surface area contributed by atoms with Crippen LogP contribution >= 0.6 is 0 Å². The van der Waals surface area contributed by atoms with Gasteiger partial charge in [0.05, 0.1) is 11.8 Å². The van der Waals surface area contributed by atoms with E-state index in [4.69, 9.17) is 8.83 Å². The summed E-state index contributed by atoms with van der Waals surface area (Å²) in [5, 5.41) is 6.33.